The number of H-pyrrole nitrogens is 1. The molecular formula is C29H35N3O4S. The van der Waals surface area contributed by atoms with E-state index >= 15 is 0 Å². The van der Waals surface area contributed by atoms with Crippen molar-refractivity contribution in [2.24, 2.45) is 33.5 Å². The molecule has 0 amide bonds. The van der Waals surface area contributed by atoms with E-state index in [2.05, 4.69) is 47.3 Å². The third-order valence-corrected chi connectivity index (χ3v) is 12.6. The van der Waals surface area contributed by atoms with E-state index in [1.54, 1.807) is 18.4 Å². The number of nitrogens with zero attached hydrogens (tertiary/aromatic N) is 2. The van der Waals surface area contributed by atoms with Gasteiger partial charge in [-0.25, -0.2) is 4.98 Å². The van der Waals surface area contributed by atoms with Crippen molar-refractivity contribution < 1.29 is 19.4 Å². The number of furan rings is 1. The van der Waals surface area contributed by atoms with Crippen LogP contribution in [0.4, 0.5) is 0 Å². The molecule has 2 bridgehead atoms. The number of aliphatic hydroxyl groups excluding tert-OH is 1. The monoisotopic (exact) mass is 521 g/mol. The van der Waals surface area contributed by atoms with Gasteiger partial charge in [0.25, 0.3) is 0 Å². The largest absolute Gasteiger partial charge is 0.461 e. The number of fused-ring (bicyclic) bond motifs is 1. The Kier molecular flexibility index (Phi) is 4.98. The number of carbonyl (C=O) groups is 1. The van der Waals surface area contributed by atoms with Gasteiger partial charge in [-0.2, -0.15) is 5.10 Å². The number of aromatic amines is 1. The standard InChI is InChI=1S/C29H35N3O4S/c1-25-8-5-18(33)14-27(25)11-12-29(19(15-27)23(34)20-4-3-13-36-20)21(25)6-9-26(2)22(29)7-10-28(26,35)16-37-24-30-17-31-32-24/h3-4,11-13,15,17-18,21-22,33,35H,5-10,14,16H2,1-2H3,(H,30,31,32)/t18?,21-,22-,25-,26+,27+,28-,29-/m1/s1. The number of allylic oxidation sites excluding steroid dienone is 4. The van der Waals surface area contributed by atoms with Crippen molar-refractivity contribution in [1.29, 1.82) is 0 Å². The molecule has 3 N–H and O–H groups in total. The van der Waals surface area contributed by atoms with E-state index < -0.39 is 11.0 Å². The van der Waals surface area contributed by atoms with Gasteiger partial charge in [-0.3, -0.25) is 9.89 Å². The van der Waals surface area contributed by atoms with Crippen molar-refractivity contribution in [3.05, 3.63) is 54.3 Å². The van der Waals surface area contributed by atoms with Crippen LogP contribution in [0.15, 0.2) is 58.1 Å². The molecule has 2 aromatic heterocycles. The first kappa shape index (κ1) is 23.9. The topological polar surface area (TPSA) is 112 Å². The van der Waals surface area contributed by atoms with Gasteiger partial charge < -0.3 is 14.6 Å². The molecule has 0 saturated heterocycles. The lowest BCUT2D eigenvalue weighted by Gasteiger charge is -2.71. The summed E-state index contributed by atoms with van der Waals surface area (Å²) in [6.07, 6.45) is 15.4. The van der Waals surface area contributed by atoms with E-state index in [1.807, 2.05) is 0 Å². The van der Waals surface area contributed by atoms with Gasteiger partial charge in [0.05, 0.1) is 18.0 Å². The van der Waals surface area contributed by atoms with Gasteiger partial charge in [-0.05, 0) is 74.3 Å². The maximum Gasteiger partial charge on any atom is 0.224 e. The number of aromatic nitrogens is 3. The van der Waals surface area contributed by atoms with Gasteiger partial charge in [-0.1, -0.05) is 43.8 Å². The molecule has 3 saturated carbocycles. The van der Waals surface area contributed by atoms with E-state index in [0.29, 0.717) is 29.5 Å². The first-order chi connectivity index (χ1) is 17.7. The van der Waals surface area contributed by atoms with Gasteiger partial charge in [-0.15, -0.1) is 0 Å². The van der Waals surface area contributed by atoms with Crippen LogP contribution in [0, 0.1) is 33.5 Å². The second kappa shape index (κ2) is 7.70. The van der Waals surface area contributed by atoms with E-state index in [-0.39, 0.29) is 40.0 Å². The highest BCUT2D eigenvalue weighted by Crippen LogP contribution is 2.78. The fraction of sp³-hybridized carbons (Fsp3) is 0.621. The second-order valence-electron chi connectivity index (χ2n) is 12.7. The van der Waals surface area contributed by atoms with Gasteiger partial charge >= 0.3 is 0 Å². The second-order valence-corrected chi connectivity index (χ2v) is 13.7. The number of hydrogen-bond acceptors (Lipinski definition) is 7. The summed E-state index contributed by atoms with van der Waals surface area (Å²) >= 11 is 1.52. The van der Waals surface area contributed by atoms with Crippen molar-refractivity contribution in [3.8, 4) is 0 Å². The molecule has 6 aliphatic carbocycles. The van der Waals surface area contributed by atoms with Crippen molar-refractivity contribution in [2.45, 2.75) is 75.7 Å². The SMILES string of the molecule is C[C@]12CC[C@H]3[C@]4(C=C[C@@]5(C=C4C(=O)c4ccco4)CC(O)CC[C@]35C)[C@@H]1CC[C@@]2(O)CSc1ncn[nH]1. The number of ketones is 1. The molecule has 37 heavy (non-hydrogen) atoms. The summed E-state index contributed by atoms with van der Waals surface area (Å²) in [6.45, 7) is 4.65. The Labute approximate surface area is 221 Å². The van der Waals surface area contributed by atoms with Gasteiger partial charge in [0.1, 0.15) is 6.33 Å². The van der Waals surface area contributed by atoms with E-state index in [0.717, 1.165) is 37.7 Å². The average Bonchev–Trinajstić information content (AvgIpc) is 3.64. The molecule has 2 spiro atoms. The Morgan fingerprint density at radius 3 is 2.70 bits per heavy atom. The van der Waals surface area contributed by atoms with Crippen molar-refractivity contribution in [3.63, 3.8) is 0 Å². The van der Waals surface area contributed by atoms with Crippen molar-refractivity contribution >= 4 is 17.5 Å². The van der Waals surface area contributed by atoms with Crippen LogP contribution in [0.2, 0.25) is 0 Å². The molecule has 196 valence electrons. The molecule has 8 rings (SSSR count). The number of hydrogen-bond donors (Lipinski definition) is 3. The van der Waals surface area contributed by atoms with E-state index in [1.165, 1.54) is 18.1 Å². The van der Waals surface area contributed by atoms with E-state index in [9.17, 15) is 15.0 Å². The van der Waals surface area contributed by atoms with Crippen molar-refractivity contribution in [1.82, 2.24) is 15.2 Å². The summed E-state index contributed by atoms with van der Waals surface area (Å²) in [7, 11) is 0. The minimum absolute atomic E-state index is 0.0372. The third-order valence-electron chi connectivity index (χ3n) is 11.5. The zero-order valence-electron chi connectivity index (χ0n) is 21.4. The highest BCUT2D eigenvalue weighted by atomic mass is 32.2. The summed E-state index contributed by atoms with van der Waals surface area (Å²) in [4.78, 5) is 18.4. The highest BCUT2D eigenvalue weighted by molar-refractivity contribution is 7.99. The molecule has 7 nitrogen and oxygen atoms in total. The Balaban J connectivity index is 1.36. The maximum absolute atomic E-state index is 14.1. The lowest BCUT2D eigenvalue weighted by Crippen LogP contribution is -2.67. The predicted octanol–water partition coefficient (Wildman–Crippen LogP) is 4.96. The van der Waals surface area contributed by atoms with Crippen molar-refractivity contribution in [2.75, 3.05) is 5.75 Å². The molecule has 6 aliphatic rings. The molecule has 0 aliphatic heterocycles. The summed E-state index contributed by atoms with van der Waals surface area (Å²) in [5, 5.41) is 30.6. The van der Waals surface area contributed by atoms with Gasteiger partial charge in [0.2, 0.25) is 5.78 Å². The smallest absolute Gasteiger partial charge is 0.224 e. The lowest BCUT2D eigenvalue weighted by molar-refractivity contribution is -0.166. The number of carbonyl (C=O) groups excluding carboxylic acids is 1. The van der Waals surface area contributed by atoms with Crippen LogP contribution < -0.4 is 0 Å². The Bertz CT molecular complexity index is 1290. The fourth-order valence-electron chi connectivity index (χ4n) is 9.57. The molecule has 0 radical (unpaired) electrons. The summed E-state index contributed by atoms with van der Waals surface area (Å²) < 4.78 is 5.64. The fourth-order valence-corrected chi connectivity index (χ4v) is 10.7. The predicted molar refractivity (Wildman–Crippen MR) is 139 cm³/mol. The zero-order valence-corrected chi connectivity index (χ0v) is 22.3. The summed E-state index contributed by atoms with van der Waals surface area (Å²) in [5.41, 5.74) is -1.24. The first-order valence-corrected chi connectivity index (χ1v) is 14.6. The molecule has 2 heterocycles. The minimum atomic E-state index is -0.878. The molecule has 3 fully saturated rings. The first-order valence-electron chi connectivity index (χ1n) is 13.6. The van der Waals surface area contributed by atoms with Gasteiger partial charge in [0.15, 0.2) is 10.9 Å². The Morgan fingerprint density at radius 1 is 1.16 bits per heavy atom. The number of Topliss-reactive ketones (excluding diaryl/α,β-unsaturated/α-hetero) is 1. The highest BCUT2D eigenvalue weighted by Gasteiger charge is 2.74. The molecule has 2 aromatic rings. The number of aliphatic hydroxyl groups is 2. The number of thioether (sulfide) groups is 1. The van der Waals surface area contributed by atoms with Crippen LogP contribution >= 0.6 is 11.8 Å². The van der Waals surface area contributed by atoms with Crippen LogP contribution in [-0.4, -0.2) is 48.6 Å². The average molecular weight is 522 g/mol. The van der Waals surface area contributed by atoms with Crippen LogP contribution in [0.3, 0.4) is 0 Å². The van der Waals surface area contributed by atoms with Crippen LogP contribution in [0.1, 0.15) is 69.3 Å². The summed E-state index contributed by atoms with van der Waals surface area (Å²) in [5.74, 6) is 1.27. The van der Waals surface area contributed by atoms with E-state index in [4.69, 9.17) is 4.42 Å². The number of rotatable bonds is 5. The van der Waals surface area contributed by atoms with Crippen LogP contribution in [-0.2, 0) is 0 Å². The third kappa shape index (κ3) is 2.90. The summed E-state index contributed by atoms with van der Waals surface area (Å²) in [6, 6.07) is 3.53. The maximum atomic E-state index is 14.1. The van der Waals surface area contributed by atoms with Gasteiger partial charge in [0, 0.05) is 27.6 Å². The molecule has 0 aromatic carbocycles. The quantitative estimate of drug-likeness (QED) is 0.289. The molecular weight excluding hydrogens is 486 g/mol. The molecule has 1 unspecified atom stereocenters. The lowest BCUT2D eigenvalue weighted by atomic mass is 9.32. The van der Waals surface area contributed by atoms with Crippen LogP contribution in [0.25, 0.3) is 0 Å². The number of nitrogens with one attached hydrogen (secondary N) is 1. The Morgan fingerprint density at radius 2 is 1.95 bits per heavy atom. The zero-order chi connectivity index (χ0) is 25.7. The Hall–Kier alpha value is -2.16. The minimum Gasteiger partial charge on any atom is -0.461 e. The normalized spacial score (nSPS) is 45.7. The molecule has 8 atom stereocenters. The van der Waals surface area contributed by atoms with Crippen LogP contribution in [0.5, 0.6) is 0 Å². The molecule has 8 heteroatoms.